The standard InChI is InChI=1S/C19H11ClF6N6O2S/c1-5-3-7(18(21,22)23)29-17-9(5)11(13(35-17)14(27)33)30-16(34)12-10(20)15-28-6(2)4-8(19(24,25)26)32(15)31-12/h3-4H,1-2H3,(H2,27,33)(H,30,34). The summed E-state index contributed by atoms with van der Waals surface area (Å²) in [6.07, 6.45) is -9.62. The van der Waals surface area contributed by atoms with E-state index in [0.29, 0.717) is 21.9 Å². The number of alkyl halides is 6. The van der Waals surface area contributed by atoms with Gasteiger partial charge in [-0.15, -0.1) is 11.3 Å². The first-order chi connectivity index (χ1) is 16.1. The molecule has 0 saturated carbocycles. The fourth-order valence-corrected chi connectivity index (χ4v) is 4.66. The van der Waals surface area contributed by atoms with Gasteiger partial charge in [-0.1, -0.05) is 11.6 Å². The van der Waals surface area contributed by atoms with Crippen LogP contribution in [0.4, 0.5) is 32.0 Å². The Labute approximate surface area is 199 Å². The summed E-state index contributed by atoms with van der Waals surface area (Å²) in [7, 11) is 0. The Morgan fingerprint density at radius 3 is 2.31 bits per heavy atom. The summed E-state index contributed by atoms with van der Waals surface area (Å²) in [5.74, 6) is -2.22. The smallest absolute Gasteiger partial charge is 0.365 e. The van der Waals surface area contributed by atoms with Gasteiger partial charge in [0.15, 0.2) is 11.3 Å². The van der Waals surface area contributed by atoms with Crippen LogP contribution in [0.1, 0.15) is 42.8 Å². The zero-order valence-corrected chi connectivity index (χ0v) is 19.0. The fourth-order valence-electron chi connectivity index (χ4n) is 3.35. The van der Waals surface area contributed by atoms with Crippen LogP contribution in [0.5, 0.6) is 0 Å². The van der Waals surface area contributed by atoms with Gasteiger partial charge in [0.2, 0.25) is 0 Å². The van der Waals surface area contributed by atoms with Crippen molar-refractivity contribution < 1.29 is 35.9 Å². The van der Waals surface area contributed by atoms with Crippen molar-refractivity contribution in [3.63, 3.8) is 0 Å². The zero-order chi connectivity index (χ0) is 26.0. The number of hydrogen-bond acceptors (Lipinski definition) is 6. The van der Waals surface area contributed by atoms with Crippen LogP contribution in [0.3, 0.4) is 0 Å². The molecule has 3 N–H and O–H groups in total. The number of anilines is 1. The number of hydrogen-bond donors (Lipinski definition) is 2. The summed E-state index contributed by atoms with van der Waals surface area (Å²) in [5, 5.41) is 5.41. The minimum absolute atomic E-state index is 0.00464. The molecule has 0 aliphatic heterocycles. The summed E-state index contributed by atoms with van der Waals surface area (Å²) in [5.41, 5.74) is 1.47. The van der Waals surface area contributed by atoms with E-state index < -0.39 is 51.9 Å². The predicted octanol–water partition coefficient (Wildman–Crippen LogP) is 5.00. The Balaban J connectivity index is 1.87. The maximum atomic E-state index is 13.5. The van der Waals surface area contributed by atoms with E-state index in [9.17, 15) is 35.9 Å². The number of nitrogens with one attached hydrogen (secondary N) is 1. The molecule has 8 nitrogen and oxygen atoms in total. The van der Waals surface area contributed by atoms with Crippen LogP contribution in [0.25, 0.3) is 15.9 Å². The number of nitrogens with two attached hydrogens (primary N) is 1. The van der Waals surface area contributed by atoms with E-state index in [0.717, 1.165) is 6.07 Å². The number of carbonyl (C=O) groups excluding carboxylic acids is 2. The van der Waals surface area contributed by atoms with Crippen molar-refractivity contribution in [3.05, 3.63) is 50.4 Å². The van der Waals surface area contributed by atoms with E-state index in [2.05, 4.69) is 20.4 Å². The van der Waals surface area contributed by atoms with Crippen molar-refractivity contribution in [2.45, 2.75) is 26.2 Å². The van der Waals surface area contributed by atoms with Crippen LogP contribution in [-0.4, -0.2) is 31.4 Å². The van der Waals surface area contributed by atoms with Crippen LogP contribution < -0.4 is 11.1 Å². The molecule has 0 aliphatic rings. The highest BCUT2D eigenvalue weighted by Gasteiger charge is 2.37. The molecule has 4 aromatic rings. The molecule has 0 saturated heterocycles. The number of carbonyl (C=O) groups is 2. The lowest BCUT2D eigenvalue weighted by atomic mass is 10.1. The monoisotopic (exact) mass is 536 g/mol. The Kier molecular flexibility index (Phi) is 5.67. The van der Waals surface area contributed by atoms with Crippen molar-refractivity contribution in [2.24, 2.45) is 5.73 Å². The maximum absolute atomic E-state index is 13.5. The summed E-state index contributed by atoms with van der Waals surface area (Å²) in [4.78, 5) is 31.8. The number of aryl methyl sites for hydroxylation is 2. The lowest BCUT2D eigenvalue weighted by Crippen LogP contribution is -2.18. The molecule has 0 bridgehead atoms. The molecule has 4 heterocycles. The highest BCUT2D eigenvalue weighted by molar-refractivity contribution is 7.21. The second-order valence-corrected chi connectivity index (χ2v) is 8.68. The molecule has 0 atom stereocenters. The van der Waals surface area contributed by atoms with Crippen LogP contribution in [0.15, 0.2) is 12.1 Å². The second kappa shape index (κ2) is 8.05. The third kappa shape index (κ3) is 4.25. The van der Waals surface area contributed by atoms with Gasteiger partial charge >= 0.3 is 12.4 Å². The van der Waals surface area contributed by atoms with Gasteiger partial charge in [-0.3, -0.25) is 9.59 Å². The van der Waals surface area contributed by atoms with E-state index in [1.807, 2.05) is 0 Å². The molecule has 0 spiro atoms. The molecule has 0 aromatic carbocycles. The van der Waals surface area contributed by atoms with Gasteiger partial charge < -0.3 is 11.1 Å². The molecule has 0 fully saturated rings. The molecular formula is C19H11ClF6N6O2S. The summed E-state index contributed by atoms with van der Waals surface area (Å²) in [6.45, 7) is 2.59. The van der Waals surface area contributed by atoms with Crippen LogP contribution in [0.2, 0.25) is 5.02 Å². The van der Waals surface area contributed by atoms with Gasteiger partial charge in [-0.25, -0.2) is 14.5 Å². The molecular weight excluding hydrogens is 526 g/mol. The first kappa shape index (κ1) is 24.7. The first-order valence-corrected chi connectivity index (χ1v) is 10.5. The number of fused-ring (bicyclic) bond motifs is 2. The van der Waals surface area contributed by atoms with Crippen molar-refractivity contribution in [2.75, 3.05) is 5.32 Å². The van der Waals surface area contributed by atoms with E-state index in [1.165, 1.54) is 13.8 Å². The van der Waals surface area contributed by atoms with Crippen molar-refractivity contribution in [1.82, 2.24) is 19.6 Å². The van der Waals surface area contributed by atoms with Gasteiger partial charge in [-0.05, 0) is 31.5 Å². The Hall–Kier alpha value is -3.46. The topological polar surface area (TPSA) is 115 Å². The molecule has 0 radical (unpaired) electrons. The van der Waals surface area contributed by atoms with Crippen molar-refractivity contribution >= 4 is 56.3 Å². The van der Waals surface area contributed by atoms with Crippen LogP contribution in [0, 0.1) is 13.8 Å². The Morgan fingerprint density at radius 1 is 1.09 bits per heavy atom. The van der Waals surface area contributed by atoms with Gasteiger partial charge in [0.05, 0.1) is 5.69 Å². The maximum Gasteiger partial charge on any atom is 0.433 e. The quantitative estimate of drug-likeness (QED) is 0.358. The highest BCUT2D eigenvalue weighted by atomic mass is 35.5. The van der Waals surface area contributed by atoms with Crippen molar-refractivity contribution in [3.8, 4) is 0 Å². The molecule has 16 heteroatoms. The van der Waals surface area contributed by atoms with E-state index in [-0.39, 0.29) is 32.0 Å². The minimum atomic E-state index is -4.85. The normalized spacial score (nSPS) is 12.5. The van der Waals surface area contributed by atoms with Gasteiger partial charge in [-0.2, -0.15) is 31.4 Å². The Morgan fingerprint density at radius 2 is 1.74 bits per heavy atom. The van der Waals surface area contributed by atoms with Crippen LogP contribution in [-0.2, 0) is 12.4 Å². The first-order valence-electron chi connectivity index (χ1n) is 9.35. The van der Waals surface area contributed by atoms with E-state index >= 15 is 0 Å². The van der Waals surface area contributed by atoms with Gasteiger partial charge in [0, 0.05) is 11.1 Å². The largest absolute Gasteiger partial charge is 0.433 e. The molecule has 2 amide bonds. The number of rotatable bonds is 3. The number of pyridine rings is 1. The number of primary amides is 1. The van der Waals surface area contributed by atoms with Gasteiger partial charge in [0.25, 0.3) is 11.8 Å². The summed E-state index contributed by atoms with van der Waals surface area (Å²) < 4.78 is 80.2. The average Bonchev–Trinajstić information content (AvgIpc) is 3.25. The lowest BCUT2D eigenvalue weighted by Gasteiger charge is -2.09. The molecule has 35 heavy (non-hydrogen) atoms. The highest BCUT2D eigenvalue weighted by Crippen LogP contribution is 2.40. The predicted molar refractivity (Wildman–Crippen MR) is 114 cm³/mol. The summed E-state index contributed by atoms with van der Waals surface area (Å²) >= 11 is 6.62. The minimum Gasteiger partial charge on any atom is -0.365 e. The molecule has 4 rings (SSSR count). The number of aromatic nitrogens is 4. The number of nitrogens with zero attached hydrogens (tertiary/aromatic N) is 4. The number of halogens is 7. The fraction of sp³-hybridized carbons (Fsp3) is 0.211. The molecule has 0 aliphatic carbocycles. The molecule has 184 valence electrons. The van der Waals surface area contributed by atoms with Crippen LogP contribution >= 0.6 is 22.9 Å². The summed E-state index contributed by atoms with van der Waals surface area (Å²) in [6, 6.07) is 1.43. The number of amides is 2. The SMILES string of the molecule is Cc1cc(C(F)(F)F)n2nc(C(=O)Nc3c(C(N)=O)sc4nc(C(F)(F)F)cc(C)c34)c(Cl)c2n1. The van der Waals surface area contributed by atoms with Gasteiger partial charge in [0.1, 0.15) is 26.1 Å². The average molecular weight is 537 g/mol. The van der Waals surface area contributed by atoms with Crippen molar-refractivity contribution in [1.29, 1.82) is 0 Å². The zero-order valence-electron chi connectivity index (χ0n) is 17.4. The number of thiophene rings is 1. The molecule has 4 aromatic heterocycles. The van der Waals surface area contributed by atoms with E-state index in [1.54, 1.807) is 0 Å². The van der Waals surface area contributed by atoms with E-state index in [4.69, 9.17) is 17.3 Å². The molecule has 0 unspecified atom stereocenters. The third-order valence-corrected chi connectivity index (χ3v) is 6.22. The lowest BCUT2D eigenvalue weighted by molar-refractivity contribution is -0.143. The second-order valence-electron chi connectivity index (χ2n) is 7.31. The third-order valence-electron chi connectivity index (χ3n) is 4.78. The Bertz CT molecular complexity index is 1540.